The van der Waals surface area contributed by atoms with Gasteiger partial charge in [-0.05, 0) is 87.6 Å². The van der Waals surface area contributed by atoms with Crippen LogP contribution in [0.15, 0.2) is 33.4 Å². The Bertz CT molecular complexity index is 478. The summed E-state index contributed by atoms with van der Waals surface area (Å²) in [4.78, 5) is 0. The molecule has 0 amide bonds. The van der Waals surface area contributed by atoms with E-state index in [0.717, 1.165) is 0 Å². The number of allylic oxidation sites excluding steroid dienone is 4. The van der Waals surface area contributed by atoms with E-state index < -0.39 is 0 Å². The molecular formula is C15H17I. The van der Waals surface area contributed by atoms with Crippen molar-refractivity contribution in [2.75, 3.05) is 0 Å². The van der Waals surface area contributed by atoms with Crippen LogP contribution in [0, 0.1) is 13.8 Å². The van der Waals surface area contributed by atoms with Crippen molar-refractivity contribution >= 4 is 28.2 Å². The second-order valence-electron chi connectivity index (χ2n) is 4.56. The molecule has 0 spiro atoms. The minimum atomic E-state index is 1.18. The van der Waals surface area contributed by atoms with Crippen LogP contribution in [0.4, 0.5) is 0 Å². The maximum Gasteiger partial charge on any atom is -0.00614 e. The largest absolute Gasteiger partial charge is 0.0585 e. The van der Waals surface area contributed by atoms with Gasteiger partial charge >= 0.3 is 0 Å². The number of aryl methyl sites for hydroxylation is 2. The highest BCUT2D eigenvalue weighted by Crippen LogP contribution is 2.33. The van der Waals surface area contributed by atoms with E-state index >= 15 is 0 Å². The van der Waals surface area contributed by atoms with Crippen molar-refractivity contribution in [3.8, 4) is 0 Å². The third-order valence-corrected chi connectivity index (χ3v) is 4.70. The molecule has 0 saturated carbocycles. The van der Waals surface area contributed by atoms with Gasteiger partial charge in [0.05, 0.1) is 0 Å². The van der Waals surface area contributed by atoms with Gasteiger partial charge in [-0.2, -0.15) is 0 Å². The maximum absolute atomic E-state index is 2.46. The van der Waals surface area contributed by atoms with E-state index in [-0.39, 0.29) is 0 Å². The fourth-order valence-corrected chi connectivity index (χ4v) is 2.45. The highest BCUT2D eigenvalue weighted by molar-refractivity contribution is 14.1. The molecule has 1 heteroatoms. The van der Waals surface area contributed by atoms with Crippen molar-refractivity contribution in [2.24, 2.45) is 0 Å². The van der Waals surface area contributed by atoms with Gasteiger partial charge in [0.25, 0.3) is 0 Å². The molecule has 1 aliphatic carbocycles. The third kappa shape index (κ3) is 2.40. The fourth-order valence-electron chi connectivity index (χ4n) is 2.02. The van der Waals surface area contributed by atoms with Gasteiger partial charge in [-0.1, -0.05) is 24.3 Å². The molecule has 0 radical (unpaired) electrons. The first-order valence-corrected chi connectivity index (χ1v) is 6.79. The van der Waals surface area contributed by atoms with Crippen LogP contribution in [-0.4, -0.2) is 0 Å². The molecule has 16 heavy (non-hydrogen) atoms. The zero-order chi connectivity index (χ0) is 11.7. The lowest BCUT2D eigenvalue weighted by Gasteiger charge is -2.16. The predicted octanol–water partition coefficient (Wildman–Crippen LogP) is 5.19. The highest BCUT2D eigenvalue weighted by atomic mass is 127. The lowest BCUT2D eigenvalue weighted by Crippen LogP contribution is -1.94. The number of halogens is 1. The molecule has 0 heterocycles. The summed E-state index contributed by atoms with van der Waals surface area (Å²) >= 11 is 2.46. The number of benzene rings is 1. The number of hydrogen-bond donors (Lipinski definition) is 0. The van der Waals surface area contributed by atoms with Crippen LogP contribution in [-0.2, 0) is 0 Å². The monoisotopic (exact) mass is 324 g/mol. The average Bonchev–Trinajstić information content (AvgIpc) is 2.26. The van der Waals surface area contributed by atoms with Crippen molar-refractivity contribution in [3.63, 3.8) is 0 Å². The van der Waals surface area contributed by atoms with Gasteiger partial charge in [0, 0.05) is 0 Å². The third-order valence-electron chi connectivity index (χ3n) is 3.31. The second-order valence-corrected chi connectivity index (χ2v) is 5.86. The normalized spacial score (nSPS) is 16.4. The van der Waals surface area contributed by atoms with Crippen LogP contribution in [0.1, 0.15) is 36.5 Å². The molecule has 0 aromatic heterocycles. The smallest absolute Gasteiger partial charge is 0.00614 e. The molecule has 1 aliphatic rings. The lowest BCUT2D eigenvalue weighted by atomic mass is 9.92. The molecule has 84 valence electrons. The average molecular weight is 324 g/mol. The maximum atomic E-state index is 2.46. The van der Waals surface area contributed by atoms with E-state index in [4.69, 9.17) is 0 Å². The molecule has 0 unspecified atom stereocenters. The minimum Gasteiger partial charge on any atom is -0.0585 e. The van der Waals surface area contributed by atoms with Crippen LogP contribution in [0.25, 0.3) is 5.57 Å². The fraction of sp³-hybridized carbons (Fsp3) is 0.333. The molecule has 0 nitrogen and oxygen atoms in total. The Morgan fingerprint density at radius 1 is 1.00 bits per heavy atom. The Kier molecular flexibility index (Phi) is 3.53. The van der Waals surface area contributed by atoms with Gasteiger partial charge in [-0.3, -0.25) is 0 Å². The summed E-state index contributed by atoms with van der Waals surface area (Å²) in [5, 5.41) is 0. The van der Waals surface area contributed by atoms with E-state index in [9.17, 15) is 0 Å². The molecule has 0 atom stereocenters. The first-order chi connectivity index (χ1) is 7.58. The SMILES string of the molecule is CC1=C(I)CCC(c2ccc(C)c(C)c2)=C1. The number of rotatable bonds is 1. The minimum absolute atomic E-state index is 1.18. The van der Waals surface area contributed by atoms with Crippen LogP contribution in [0.2, 0.25) is 0 Å². The zero-order valence-corrected chi connectivity index (χ0v) is 12.3. The standard InChI is InChI=1S/C15H17I/c1-10-4-5-13(8-11(10)2)14-6-7-15(16)12(3)9-14/h4-5,8-9H,6-7H2,1-3H3. The molecular weight excluding hydrogens is 307 g/mol. The van der Waals surface area contributed by atoms with Crippen molar-refractivity contribution in [1.82, 2.24) is 0 Å². The van der Waals surface area contributed by atoms with Crippen molar-refractivity contribution in [2.45, 2.75) is 33.6 Å². The van der Waals surface area contributed by atoms with E-state index in [1.165, 1.54) is 44.3 Å². The summed E-state index contributed by atoms with van der Waals surface area (Å²) in [6.07, 6.45) is 4.72. The first kappa shape index (κ1) is 11.9. The molecule has 1 aromatic carbocycles. The van der Waals surface area contributed by atoms with Crippen molar-refractivity contribution < 1.29 is 0 Å². The van der Waals surface area contributed by atoms with E-state index in [0.29, 0.717) is 0 Å². The quantitative estimate of drug-likeness (QED) is 0.624. The van der Waals surface area contributed by atoms with E-state index in [2.05, 4.69) is 67.6 Å². The highest BCUT2D eigenvalue weighted by Gasteiger charge is 2.10. The molecule has 0 fully saturated rings. The summed E-state index contributed by atoms with van der Waals surface area (Å²) in [7, 11) is 0. The van der Waals surface area contributed by atoms with Crippen molar-refractivity contribution in [3.05, 3.63) is 50.1 Å². The Hall–Kier alpha value is -0.570. The zero-order valence-electron chi connectivity index (χ0n) is 10.1. The Labute approximate surface area is 112 Å². The second kappa shape index (κ2) is 4.74. The summed E-state index contributed by atoms with van der Waals surface area (Å²) in [6.45, 7) is 6.57. The van der Waals surface area contributed by atoms with Crippen molar-refractivity contribution in [1.29, 1.82) is 0 Å². The van der Waals surface area contributed by atoms with Gasteiger partial charge in [-0.25, -0.2) is 0 Å². The van der Waals surface area contributed by atoms with Crippen LogP contribution in [0.3, 0.4) is 0 Å². The summed E-state index contributed by atoms with van der Waals surface area (Å²) in [5.41, 5.74) is 7.08. The summed E-state index contributed by atoms with van der Waals surface area (Å²) in [5.74, 6) is 0. The van der Waals surface area contributed by atoms with E-state index in [1.807, 2.05) is 0 Å². The summed E-state index contributed by atoms with van der Waals surface area (Å²) < 4.78 is 1.50. The topological polar surface area (TPSA) is 0 Å². The molecule has 0 N–H and O–H groups in total. The molecule has 0 saturated heterocycles. The predicted molar refractivity (Wildman–Crippen MR) is 79.8 cm³/mol. The lowest BCUT2D eigenvalue weighted by molar-refractivity contribution is 1.03. The van der Waals surface area contributed by atoms with Gasteiger partial charge in [0.15, 0.2) is 0 Å². The first-order valence-electron chi connectivity index (χ1n) is 5.71. The Balaban J connectivity index is 2.39. The van der Waals surface area contributed by atoms with Crippen LogP contribution in [0.5, 0.6) is 0 Å². The Morgan fingerprint density at radius 3 is 2.38 bits per heavy atom. The molecule has 2 rings (SSSR count). The number of hydrogen-bond acceptors (Lipinski definition) is 0. The van der Waals surface area contributed by atoms with Gasteiger partial charge in [-0.15, -0.1) is 0 Å². The van der Waals surface area contributed by atoms with Gasteiger partial charge < -0.3 is 0 Å². The van der Waals surface area contributed by atoms with Crippen LogP contribution >= 0.6 is 22.6 Å². The van der Waals surface area contributed by atoms with Crippen LogP contribution < -0.4 is 0 Å². The molecule has 0 bridgehead atoms. The van der Waals surface area contributed by atoms with E-state index in [1.54, 1.807) is 0 Å². The Morgan fingerprint density at radius 2 is 1.75 bits per heavy atom. The van der Waals surface area contributed by atoms with Gasteiger partial charge in [0.1, 0.15) is 0 Å². The molecule has 1 aromatic rings. The van der Waals surface area contributed by atoms with Gasteiger partial charge in [0.2, 0.25) is 0 Å². The molecule has 0 aliphatic heterocycles. The summed E-state index contributed by atoms with van der Waals surface area (Å²) in [6, 6.07) is 6.79.